The lowest BCUT2D eigenvalue weighted by atomic mass is 10.0. The molecule has 0 amide bonds. The number of rotatable bonds is 4. The van der Waals surface area contributed by atoms with E-state index in [1.807, 2.05) is 88.4 Å². The molecule has 3 aliphatic rings. The normalized spacial score (nSPS) is 37.7. The van der Waals surface area contributed by atoms with Gasteiger partial charge in [-0.05, 0) is 52.0 Å². The minimum Gasteiger partial charge on any atom is -0.371 e. The van der Waals surface area contributed by atoms with Crippen LogP contribution in [0.1, 0.15) is 27.7 Å². The van der Waals surface area contributed by atoms with Gasteiger partial charge in [-0.15, -0.1) is 0 Å². The van der Waals surface area contributed by atoms with Crippen molar-refractivity contribution in [1.82, 2.24) is 0 Å². The summed E-state index contributed by atoms with van der Waals surface area (Å²) in [5.74, 6) is -2.23. The Hall–Kier alpha value is -1.73. The Kier molecular flexibility index (Phi) is 5.48. The molecule has 172 valence electrons. The molecular weight excluding hydrogens is 429 g/mol. The van der Waals surface area contributed by atoms with Gasteiger partial charge in [-0.3, -0.25) is 4.57 Å². The Bertz CT molecular complexity index is 998. The molecule has 2 aromatic rings. The number of hydrogen-bond donors (Lipinski definition) is 1. The van der Waals surface area contributed by atoms with E-state index >= 15 is 0 Å². The van der Waals surface area contributed by atoms with E-state index in [0.29, 0.717) is 11.9 Å². The Balaban J connectivity index is 1.58. The van der Waals surface area contributed by atoms with Gasteiger partial charge in [0.15, 0.2) is 11.6 Å². The fraction of sp³-hybridized carbons (Fsp3) is 0.500. The molecular formula is C24H30NO6P. The number of para-hydroxylation sites is 1. The first-order valence-corrected chi connectivity index (χ1v) is 12.7. The van der Waals surface area contributed by atoms with Crippen molar-refractivity contribution in [3.8, 4) is 0 Å². The lowest BCUT2D eigenvalue weighted by Gasteiger charge is -2.44. The second-order valence-corrected chi connectivity index (χ2v) is 11.9. The second kappa shape index (κ2) is 7.94. The van der Waals surface area contributed by atoms with Gasteiger partial charge in [0.2, 0.25) is 0 Å². The summed E-state index contributed by atoms with van der Waals surface area (Å²) in [5.41, 5.74) is 0.837. The average Bonchev–Trinajstić information content (AvgIpc) is 3.29. The quantitative estimate of drug-likeness (QED) is 0.690. The molecule has 2 aromatic carbocycles. The molecule has 0 saturated carbocycles. The van der Waals surface area contributed by atoms with Crippen molar-refractivity contribution < 1.29 is 28.0 Å². The standard InChI is InChI=1S/C24H30NO6P/c1-23(2)27-15-18(28-23)19-20-21(30-24(3,4)29-20)22(25-16-11-7-5-8-12-16)32(26,31-19)17-13-9-6-10-14-17/h5-14,18-22,25H,15H2,1-4H3/t18-,19-,20+,21+,22-,32?/m1/s1. The smallest absolute Gasteiger partial charge is 0.256 e. The van der Waals surface area contributed by atoms with E-state index < -0.39 is 49.1 Å². The van der Waals surface area contributed by atoms with Crippen LogP contribution >= 0.6 is 7.37 Å². The van der Waals surface area contributed by atoms with Crippen molar-refractivity contribution in [2.24, 2.45) is 0 Å². The molecule has 5 rings (SSSR count). The predicted molar refractivity (Wildman–Crippen MR) is 121 cm³/mol. The Morgan fingerprint density at radius 2 is 1.44 bits per heavy atom. The van der Waals surface area contributed by atoms with Gasteiger partial charge in [-0.2, -0.15) is 0 Å². The number of nitrogens with one attached hydrogen (secondary N) is 1. The minimum absolute atomic E-state index is 0.330. The van der Waals surface area contributed by atoms with Crippen LogP contribution in [0.5, 0.6) is 0 Å². The van der Waals surface area contributed by atoms with Crippen molar-refractivity contribution in [1.29, 1.82) is 0 Å². The highest BCUT2D eigenvalue weighted by Gasteiger charge is 2.62. The molecule has 3 saturated heterocycles. The van der Waals surface area contributed by atoms with Gasteiger partial charge >= 0.3 is 0 Å². The van der Waals surface area contributed by atoms with Crippen LogP contribution in [-0.2, 0) is 28.0 Å². The van der Waals surface area contributed by atoms with Gasteiger partial charge in [-0.25, -0.2) is 0 Å². The molecule has 7 nitrogen and oxygen atoms in total. The molecule has 0 radical (unpaired) electrons. The molecule has 0 aromatic heterocycles. The maximum Gasteiger partial charge on any atom is 0.256 e. The highest BCUT2D eigenvalue weighted by molar-refractivity contribution is 7.68. The summed E-state index contributed by atoms with van der Waals surface area (Å²) in [6.45, 7) is 7.78. The fourth-order valence-electron chi connectivity index (χ4n) is 4.70. The Morgan fingerprint density at radius 3 is 2.06 bits per heavy atom. The molecule has 0 aliphatic carbocycles. The number of ether oxygens (including phenoxy) is 4. The predicted octanol–water partition coefficient (Wildman–Crippen LogP) is 4.10. The molecule has 3 heterocycles. The first-order valence-electron chi connectivity index (χ1n) is 11.0. The van der Waals surface area contributed by atoms with Gasteiger partial charge in [-0.1, -0.05) is 36.4 Å². The third-order valence-corrected chi connectivity index (χ3v) is 8.77. The van der Waals surface area contributed by atoms with Crippen molar-refractivity contribution >= 4 is 18.4 Å². The Labute approximate surface area is 188 Å². The first-order chi connectivity index (χ1) is 15.2. The van der Waals surface area contributed by atoms with Gasteiger partial charge in [0.05, 0.1) is 6.61 Å². The van der Waals surface area contributed by atoms with E-state index in [2.05, 4.69) is 5.32 Å². The third-order valence-electron chi connectivity index (χ3n) is 6.04. The molecule has 0 bridgehead atoms. The number of hydrogen-bond acceptors (Lipinski definition) is 7. The number of fused-ring (bicyclic) bond motifs is 1. The van der Waals surface area contributed by atoms with Crippen LogP contribution in [-0.4, -0.2) is 48.4 Å². The first kappa shape index (κ1) is 22.1. The zero-order chi connectivity index (χ0) is 22.6. The summed E-state index contributed by atoms with van der Waals surface area (Å²) in [4.78, 5) is 0. The molecule has 1 unspecified atom stereocenters. The SMILES string of the molecule is CC1(C)O[C@H]2[C@@H]([C@H]3COC(C)(C)O3)OP(=O)(c3ccccc3)[C@@H](Nc3ccccc3)[C@H]2O1. The maximum absolute atomic E-state index is 14.7. The van der Waals surface area contributed by atoms with E-state index in [0.717, 1.165) is 5.69 Å². The van der Waals surface area contributed by atoms with Gasteiger partial charge < -0.3 is 28.8 Å². The highest BCUT2D eigenvalue weighted by Crippen LogP contribution is 2.61. The summed E-state index contributed by atoms with van der Waals surface area (Å²) in [6, 6.07) is 19.0. The van der Waals surface area contributed by atoms with Crippen LogP contribution in [0, 0.1) is 0 Å². The molecule has 32 heavy (non-hydrogen) atoms. The minimum atomic E-state index is -3.47. The topological polar surface area (TPSA) is 75.2 Å². The molecule has 8 heteroatoms. The van der Waals surface area contributed by atoms with Crippen LogP contribution in [0.3, 0.4) is 0 Å². The van der Waals surface area contributed by atoms with Gasteiger partial charge in [0, 0.05) is 11.0 Å². The van der Waals surface area contributed by atoms with Crippen molar-refractivity contribution in [3.63, 3.8) is 0 Å². The van der Waals surface area contributed by atoms with Crippen LogP contribution in [0.2, 0.25) is 0 Å². The summed E-state index contributed by atoms with van der Waals surface area (Å²) in [6.07, 6.45) is -2.02. The summed E-state index contributed by atoms with van der Waals surface area (Å²) >= 11 is 0. The zero-order valence-electron chi connectivity index (χ0n) is 18.8. The third kappa shape index (κ3) is 4.03. The summed E-state index contributed by atoms with van der Waals surface area (Å²) in [7, 11) is -3.47. The van der Waals surface area contributed by atoms with Gasteiger partial charge in [0.25, 0.3) is 7.37 Å². The lowest BCUT2D eigenvalue weighted by Crippen LogP contribution is -2.57. The molecule has 1 N–H and O–H groups in total. The molecule has 0 spiro atoms. The van der Waals surface area contributed by atoms with Gasteiger partial charge in [0.1, 0.15) is 30.2 Å². The Morgan fingerprint density at radius 1 is 0.812 bits per heavy atom. The van der Waals surface area contributed by atoms with E-state index in [9.17, 15) is 4.57 Å². The highest BCUT2D eigenvalue weighted by atomic mass is 31.2. The van der Waals surface area contributed by atoms with Crippen LogP contribution in [0.25, 0.3) is 0 Å². The molecule has 6 atom stereocenters. The summed E-state index contributed by atoms with van der Waals surface area (Å²) < 4.78 is 45.8. The number of anilines is 1. The van der Waals surface area contributed by atoms with Crippen LogP contribution in [0.15, 0.2) is 60.7 Å². The van der Waals surface area contributed by atoms with E-state index in [4.69, 9.17) is 23.5 Å². The summed E-state index contributed by atoms with van der Waals surface area (Å²) in [5, 5.41) is 4.07. The largest absolute Gasteiger partial charge is 0.371 e. The van der Waals surface area contributed by atoms with E-state index in [1.54, 1.807) is 0 Å². The average molecular weight is 459 g/mol. The van der Waals surface area contributed by atoms with Crippen LogP contribution in [0.4, 0.5) is 5.69 Å². The van der Waals surface area contributed by atoms with Crippen molar-refractivity contribution in [3.05, 3.63) is 60.7 Å². The fourth-order valence-corrected chi connectivity index (χ4v) is 7.42. The lowest BCUT2D eigenvalue weighted by molar-refractivity contribution is -0.174. The van der Waals surface area contributed by atoms with E-state index in [1.165, 1.54) is 0 Å². The molecule has 3 aliphatic heterocycles. The molecule has 3 fully saturated rings. The zero-order valence-corrected chi connectivity index (χ0v) is 19.7. The second-order valence-electron chi connectivity index (χ2n) is 9.39. The number of benzene rings is 2. The van der Waals surface area contributed by atoms with Crippen LogP contribution < -0.4 is 10.6 Å². The van der Waals surface area contributed by atoms with E-state index in [-0.39, 0.29) is 0 Å². The van der Waals surface area contributed by atoms with Crippen molar-refractivity contribution in [2.75, 3.05) is 11.9 Å². The monoisotopic (exact) mass is 459 g/mol. The maximum atomic E-state index is 14.7. The van der Waals surface area contributed by atoms with Crippen molar-refractivity contribution in [2.45, 2.75) is 69.5 Å².